The second-order valence-electron chi connectivity index (χ2n) is 16.8. The van der Waals surface area contributed by atoms with Gasteiger partial charge in [0.15, 0.2) is 0 Å². The topological polar surface area (TPSA) is 95.9 Å². The molecule has 0 radical (unpaired) electrons. The molecular formula is C49H95NO5. The number of allylic oxidation sites excluding steroid dienone is 2. The summed E-state index contributed by atoms with van der Waals surface area (Å²) in [6, 6.07) is -0.551. The molecule has 326 valence electrons. The van der Waals surface area contributed by atoms with Crippen LogP contribution in [0.4, 0.5) is 0 Å². The first-order valence-corrected chi connectivity index (χ1v) is 24.4. The molecule has 0 aliphatic heterocycles. The van der Waals surface area contributed by atoms with Crippen molar-refractivity contribution in [1.82, 2.24) is 5.32 Å². The number of hydrogen-bond donors (Lipinski definition) is 3. The fourth-order valence-electron chi connectivity index (χ4n) is 7.51. The predicted molar refractivity (Wildman–Crippen MR) is 237 cm³/mol. The van der Waals surface area contributed by atoms with Crippen LogP contribution in [0.15, 0.2) is 12.2 Å². The number of ether oxygens (including phenoxy) is 1. The zero-order valence-corrected chi connectivity index (χ0v) is 36.9. The SMILES string of the molecule is CCCCCCC/C=C\CCCCCCCC(=O)OCCCCCCCCCCCCCCC(=O)NC(CO)C(O)CCCCCCCCCCCCCC. The van der Waals surface area contributed by atoms with E-state index in [0.717, 1.165) is 57.8 Å². The molecule has 0 saturated heterocycles. The van der Waals surface area contributed by atoms with Crippen LogP contribution in [0, 0.1) is 0 Å². The average molecular weight is 778 g/mol. The number of rotatable bonds is 45. The molecule has 0 heterocycles. The van der Waals surface area contributed by atoms with E-state index in [1.807, 2.05) is 0 Å². The third-order valence-corrected chi connectivity index (χ3v) is 11.3. The van der Waals surface area contributed by atoms with Gasteiger partial charge < -0.3 is 20.3 Å². The normalized spacial score (nSPS) is 12.7. The van der Waals surface area contributed by atoms with Gasteiger partial charge in [0.05, 0.1) is 25.4 Å². The fraction of sp³-hybridized carbons (Fsp3) is 0.918. The highest BCUT2D eigenvalue weighted by atomic mass is 16.5. The Hall–Kier alpha value is -1.40. The van der Waals surface area contributed by atoms with Gasteiger partial charge in [-0.25, -0.2) is 0 Å². The molecule has 0 spiro atoms. The van der Waals surface area contributed by atoms with Gasteiger partial charge >= 0.3 is 5.97 Å². The number of carbonyl (C=O) groups excluding carboxylic acids is 2. The van der Waals surface area contributed by atoms with Gasteiger partial charge in [-0.2, -0.15) is 0 Å². The van der Waals surface area contributed by atoms with Gasteiger partial charge in [0, 0.05) is 12.8 Å². The van der Waals surface area contributed by atoms with E-state index in [1.165, 1.54) is 173 Å². The molecule has 6 heteroatoms. The third-order valence-electron chi connectivity index (χ3n) is 11.3. The fourth-order valence-corrected chi connectivity index (χ4v) is 7.51. The smallest absolute Gasteiger partial charge is 0.305 e. The number of unbranched alkanes of at least 4 members (excludes halogenated alkanes) is 32. The number of aliphatic hydroxyl groups is 2. The summed E-state index contributed by atoms with van der Waals surface area (Å²) in [6.45, 7) is 4.90. The lowest BCUT2D eigenvalue weighted by Crippen LogP contribution is -2.45. The Balaban J connectivity index is 3.46. The molecule has 2 atom stereocenters. The van der Waals surface area contributed by atoms with Gasteiger partial charge in [-0.3, -0.25) is 9.59 Å². The standard InChI is InChI=1S/C49H95NO5/c1-3-5-7-9-11-13-15-17-18-23-27-31-35-39-43-49(54)55-44-40-36-32-28-24-20-19-22-26-30-34-38-42-48(53)50-46(45-51)47(52)41-37-33-29-25-21-16-14-12-10-8-6-4-2/h15,17,46-47,51-52H,3-14,16,18-45H2,1-2H3,(H,50,53)/b17-15-. The Labute approximate surface area is 342 Å². The van der Waals surface area contributed by atoms with Crippen LogP contribution in [0.5, 0.6) is 0 Å². The van der Waals surface area contributed by atoms with E-state index in [4.69, 9.17) is 4.74 Å². The number of carbonyl (C=O) groups is 2. The molecule has 1 amide bonds. The van der Waals surface area contributed by atoms with Crippen molar-refractivity contribution in [1.29, 1.82) is 0 Å². The number of aliphatic hydroxyl groups excluding tert-OH is 2. The molecule has 0 fully saturated rings. The van der Waals surface area contributed by atoms with E-state index in [2.05, 4.69) is 31.3 Å². The first-order chi connectivity index (χ1) is 27.0. The van der Waals surface area contributed by atoms with E-state index in [1.54, 1.807) is 0 Å². The Kier molecular flexibility index (Phi) is 44.2. The summed E-state index contributed by atoms with van der Waals surface area (Å²) in [7, 11) is 0. The molecule has 2 unspecified atom stereocenters. The molecule has 0 saturated carbocycles. The lowest BCUT2D eigenvalue weighted by Gasteiger charge is -2.22. The van der Waals surface area contributed by atoms with E-state index < -0.39 is 12.1 Å². The second kappa shape index (κ2) is 45.3. The first kappa shape index (κ1) is 53.6. The van der Waals surface area contributed by atoms with Crippen LogP contribution in [0.3, 0.4) is 0 Å². The average Bonchev–Trinajstić information content (AvgIpc) is 3.18. The van der Waals surface area contributed by atoms with Crippen molar-refractivity contribution in [3.8, 4) is 0 Å². The minimum Gasteiger partial charge on any atom is -0.466 e. The van der Waals surface area contributed by atoms with Crippen molar-refractivity contribution < 1.29 is 24.5 Å². The van der Waals surface area contributed by atoms with Crippen LogP contribution in [0.1, 0.15) is 264 Å². The van der Waals surface area contributed by atoms with Crippen LogP contribution in [-0.4, -0.2) is 47.4 Å². The Bertz CT molecular complexity index is 817. The molecule has 55 heavy (non-hydrogen) atoms. The van der Waals surface area contributed by atoms with Gasteiger partial charge in [0.1, 0.15) is 0 Å². The largest absolute Gasteiger partial charge is 0.466 e. The number of amides is 1. The molecule has 0 rings (SSSR count). The summed E-state index contributed by atoms with van der Waals surface area (Å²) in [6.07, 6.45) is 50.2. The summed E-state index contributed by atoms with van der Waals surface area (Å²) < 4.78 is 5.45. The Morgan fingerprint density at radius 2 is 0.855 bits per heavy atom. The van der Waals surface area contributed by atoms with Crippen molar-refractivity contribution >= 4 is 11.9 Å². The molecule has 0 bridgehead atoms. The zero-order chi connectivity index (χ0) is 40.1. The van der Waals surface area contributed by atoms with Crippen LogP contribution in [0.2, 0.25) is 0 Å². The second-order valence-corrected chi connectivity index (χ2v) is 16.8. The molecular weight excluding hydrogens is 683 g/mol. The van der Waals surface area contributed by atoms with Crippen molar-refractivity contribution in [2.45, 2.75) is 276 Å². The minimum absolute atomic E-state index is 0.0179. The molecule has 0 aromatic carbocycles. The lowest BCUT2D eigenvalue weighted by molar-refractivity contribution is -0.143. The summed E-state index contributed by atoms with van der Waals surface area (Å²) in [4.78, 5) is 24.4. The quantitative estimate of drug-likeness (QED) is 0.0325. The van der Waals surface area contributed by atoms with Crippen molar-refractivity contribution in [2.75, 3.05) is 13.2 Å². The van der Waals surface area contributed by atoms with Crippen LogP contribution in [-0.2, 0) is 14.3 Å². The van der Waals surface area contributed by atoms with E-state index in [9.17, 15) is 19.8 Å². The maximum absolute atomic E-state index is 12.4. The number of nitrogens with one attached hydrogen (secondary N) is 1. The highest BCUT2D eigenvalue weighted by Crippen LogP contribution is 2.16. The zero-order valence-electron chi connectivity index (χ0n) is 36.9. The first-order valence-electron chi connectivity index (χ1n) is 24.4. The molecule has 3 N–H and O–H groups in total. The molecule has 0 aliphatic carbocycles. The number of hydrogen-bond acceptors (Lipinski definition) is 5. The lowest BCUT2D eigenvalue weighted by atomic mass is 10.0. The predicted octanol–water partition coefficient (Wildman–Crippen LogP) is 14.2. The maximum atomic E-state index is 12.4. The van der Waals surface area contributed by atoms with E-state index in [0.29, 0.717) is 25.9 Å². The maximum Gasteiger partial charge on any atom is 0.305 e. The highest BCUT2D eigenvalue weighted by Gasteiger charge is 2.20. The summed E-state index contributed by atoms with van der Waals surface area (Å²) >= 11 is 0. The monoisotopic (exact) mass is 778 g/mol. The van der Waals surface area contributed by atoms with Gasteiger partial charge in [-0.15, -0.1) is 0 Å². The van der Waals surface area contributed by atoms with Gasteiger partial charge in [0.25, 0.3) is 0 Å². The van der Waals surface area contributed by atoms with Gasteiger partial charge in [0.2, 0.25) is 5.91 Å². The minimum atomic E-state index is -0.672. The summed E-state index contributed by atoms with van der Waals surface area (Å²) in [5, 5.41) is 23.1. The van der Waals surface area contributed by atoms with Crippen LogP contribution < -0.4 is 5.32 Å². The highest BCUT2D eigenvalue weighted by molar-refractivity contribution is 5.76. The number of esters is 1. The van der Waals surface area contributed by atoms with E-state index in [-0.39, 0.29) is 18.5 Å². The summed E-state index contributed by atoms with van der Waals surface area (Å²) in [5.74, 6) is -0.0692. The van der Waals surface area contributed by atoms with Gasteiger partial charge in [-0.05, 0) is 51.4 Å². The molecule has 0 aliphatic rings. The molecule has 6 nitrogen and oxygen atoms in total. The summed E-state index contributed by atoms with van der Waals surface area (Å²) in [5.41, 5.74) is 0. The molecule has 0 aromatic heterocycles. The van der Waals surface area contributed by atoms with Crippen molar-refractivity contribution in [3.05, 3.63) is 12.2 Å². The van der Waals surface area contributed by atoms with Gasteiger partial charge in [-0.1, -0.05) is 212 Å². The van der Waals surface area contributed by atoms with E-state index >= 15 is 0 Å². The third kappa shape index (κ3) is 42.0. The van der Waals surface area contributed by atoms with Crippen molar-refractivity contribution in [3.63, 3.8) is 0 Å². The molecule has 0 aromatic rings. The van der Waals surface area contributed by atoms with Crippen LogP contribution >= 0.6 is 0 Å². The van der Waals surface area contributed by atoms with Crippen molar-refractivity contribution in [2.24, 2.45) is 0 Å². The Morgan fingerprint density at radius 1 is 0.491 bits per heavy atom. The van der Waals surface area contributed by atoms with Crippen LogP contribution in [0.25, 0.3) is 0 Å². The Morgan fingerprint density at radius 3 is 1.29 bits per heavy atom.